The van der Waals surface area contributed by atoms with Gasteiger partial charge in [-0.1, -0.05) is 25.1 Å². The molecule has 0 aliphatic heterocycles. The van der Waals surface area contributed by atoms with E-state index in [1.165, 1.54) is 11.0 Å². The molecule has 1 amide bonds. The van der Waals surface area contributed by atoms with E-state index in [1.807, 2.05) is 6.92 Å². The van der Waals surface area contributed by atoms with Crippen LogP contribution in [0.4, 0.5) is 4.39 Å². The Labute approximate surface area is 114 Å². The Kier molecular flexibility index (Phi) is 6.88. The molecule has 0 aromatic heterocycles. The van der Waals surface area contributed by atoms with E-state index in [4.69, 9.17) is 5.73 Å². The van der Waals surface area contributed by atoms with Gasteiger partial charge in [0, 0.05) is 12.6 Å². The van der Waals surface area contributed by atoms with Crippen LogP contribution in [0.1, 0.15) is 31.9 Å². The molecule has 1 aromatic carbocycles. The Bertz CT molecular complexity index is 400. The molecule has 1 unspecified atom stereocenters. The number of halogens is 2. The van der Waals surface area contributed by atoms with E-state index < -0.39 is 6.04 Å². The number of nitrogens with two attached hydrogens (primary N) is 1. The minimum atomic E-state index is -0.519. The lowest BCUT2D eigenvalue weighted by Gasteiger charge is -2.27. The molecule has 102 valence electrons. The molecule has 1 aromatic rings. The fraction of sp³-hybridized carbons (Fsp3) is 0.462. The minimum Gasteiger partial charge on any atom is -0.338 e. The molecule has 18 heavy (non-hydrogen) atoms. The van der Waals surface area contributed by atoms with Gasteiger partial charge in [0.2, 0.25) is 5.91 Å². The second-order valence-electron chi connectivity index (χ2n) is 4.16. The highest BCUT2D eigenvalue weighted by Gasteiger charge is 2.23. The fourth-order valence-corrected chi connectivity index (χ4v) is 1.65. The van der Waals surface area contributed by atoms with Crippen molar-refractivity contribution in [2.45, 2.75) is 32.4 Å². The van der Waals surface area contributed by atoms with Crippen molar-refractivity contribution in [3.63, 3.8) is 0 Å². The van der Waals surface area contributed by atoms with Gasteiger partial charge in [0.05, 0.1) is 12.1 Å². The minimum absolute atomic E-state index is 0. The zero-order valence-electron chi connectivity index (χ0n) is 10.9. The largest absolute Gasteiger partial charge is 0.338 e. The van der Waals surface area contributed by atoms with Gasteiger partial charge >= 0.3 is 0 Å². The monoisotopic (exact) mass is 274 g/mol. The molecule has 3 nitrogen and oxygen atoms in total. The number of carbonyl (C=O) groups is 1. The highest BCUT2D eigenvalue weighted by atomic mass is 35.5. The number of amides is 1. The zero-order chi connectivity index (χ0) is 13.0. The van der Waals surface area contributed by atoms with Crippen molar-refractivity contribution in [3.05, 3.63) is 35.6 Å². The van der Waals surface area contributed by atoms with E-state index in [0.717, 1.165) is 0 Å². The van der Waals surface area contributed by atoms with Crippen molar-refractivity contribution in [2.75, 3.05) is 7.05 Å². The first-order valence-corrected chi connectivity index (χ1v) is 5.75. The molecule has 2 N–H and O–H groups in total. The summed E-state index contributed by atoms with van der Waals surface area (Å²) in [4.78, 5) is 13.4. The van der Waals surface area contributed by atoms with E-state index in [2.05, 4.69) is 0 Å². The number of carbonyl (C=O) groups excluding carboxylic acids is 1. The van der Waals surface area contributed by atoms with Crippen LogP contribution in [0.3, 0.4) is 0 Å². The number of hydrogen-bond donors (Lipinski definition) is 1. The molecule has 5 heteroatoms. The van der Waals surface area contributed by atoms with Crippen LogP contribution >= 0.6 is 12.4 Å². The third-order valence-electron chi connectivity index (χ3n) is 3.04. The molecular weight excluding hydrogens is 255 g/mol. The van der Waals surface area contributed by atoms with Crippen LogP contribution < -0.4 is 5.73 Å². The van der Waals surface area contributed by atoms with Crippen LogP contribution in [0.5, 0.6) is 0 Å². The summed E-state index contributed by atoms with van der Waals surface area (Å²) < 4.78 is 13.6. The van der Waals surface area contributed by atoms with E-state index in [-0.39, 0.29) is 30.2 Å². The van der Waals surface area contributed by atoms with Crippen molar-refractivity contribution < 1.29 is 9.18 Å². The van der Waals surface area contributed by atoms with Gasteiger partial charge in [-0.3, -0.25) is 4.79 Å². The molecule has 0 aliphatic rings. The van der Waals surface area contributed by atoms with Crippen molar-refractivity contribution in [2.24, 2.45) is 5.73 Å². The molecule has 0 saturated heterocycles. The normalized spacial score (nSPS) is 13.4. The lowest BCUT2D eigenvalue weighted by atomic mass is 10.1. The van der Waals surface area contributed by atoms with Gasteiger partial charge in [0.15, 0.2) is 0 Å². The summed E-state index contributed by atoms with van der Waals surface area (Å²) in [6, 6.07) is 5.62. The Balaban J connectivity index is 0.00000289. The first-order chi connectivity index (χ1) is 7.99. The highest BCUT2D eigenvalue weighted by molar-refractivity contribution is 5.85. The SMILES string of the molecule is CC[C@H](N)C(=O)N(C)C(C)c1ccccc1F.Cl. The Morgan fingerprint density at radius 1 is 1.44 bits per heavy atom. The van der Waals surface area contributed by atoms with Gasteiger partial charge in [0.1, 0.15) is 5.82 Å². The van der Waals surface area contributed by atoms with Gasteiger partial charge < -0.3 is 10.6 Å². The van der Waals surface area contributed by atoms with Crippen molar-refractivity contribution in [1.29, 1.82) is 0 Å². The average Bonchev–Trinajstić information content (AvgIpc) is 2.35. The van der Waals surface area contributed by atoms with Gasteiger partial charge in [0.25, 0.3) is 0 Å². The lowest BCUT2D eigenvalue weighted by Crippen LogP contribution is -2.42. The van der Waals surface area contributed by atoms with Crippen LogP contribution in [0.25, 0.3) is 0 Å². The Morgan fingerprint density at radius 3 is 2.50 bits per heavy atom. The van der Waals surface area contributed by atoms with E-state index in [1.54, 1.807) is 32.2 Å². The maximum atomic E-state index is 13.6. The molecule has 0 spiro atoms. The van der Waals surface area contributed by atoms with Crippen molar-refractivity contribution in [3.8, 4) is 0 Å². The van der Waals surface area contributed by atoms with Gasteiger partial charge in [-0.15, -0.1) is 12.4 Å². The number of nitrogens with zero attached hydrogens (tertiary/aromatic N) is 1. The molecule has 0 bridgehead atoms. The molecule has 2 atom stereocenters. The topological polar surface area (TPSA) is 46.3 Å². The maximum Gasteiger partial charge on any atom is 0.239 e. The summed E-state index contributed by atoms with van der Waals surface area (Å²) in [7, 11) is 1.65. The predicted octanol–water partition coefficient (Wildman–Crippen LogP) is 2.50. The van der Waals surface area contributed by atoms with Crippen LogP contribution in [-0.4, -0.2) is 23.9 Å². The second-order valence-corrected chi connectivity index (χ2v) is 4.16. The third kappa shape index (κ3) is 3.68. The number of likely N-dealkylation sites (N-methyl/N-ethyl adjacent to an activating group) is 1. The highest BCUT2D eigenvalue weighted by Crippen LogP contribution is 2.22. The summed E-state index contributed by atoms with van der Waals surface area (Å²) in [5, 5.41) is 0. The molecule has 0 heterocycles. The van der Waals surface area contributed by atoms with Gasteiger partial charge in [-0.05, 0) is 19.4 Å². The number of rotatable bonds is 4. The summed E-state index contributed by atoms with van der Waals surface area (Å²) in [5.41, 5.74) is 6.19. The third-order valence-corrected chi connectivity index (χ3v) is 3.04. The quantitative estimate of drug-likeness (QED) is 0.917. The second kappa shape index (κ2) is 7.34. The van der Waals surface area contributed by atoms with Crippen LogP contribution in [0.15, 0.2) is 24.3 Å². The standard InChI is InChI=1S/C13H19FN2O.ClH/c1-4-12(15)13(17)16(3)9(2)10-7-5-6-8-11(10)14;/h5-9,12H,4,15H2,1-3H3;1H/t9?,12-;/m0./s1. The molecular formula is C13H20ClFN2O. The van der Waals surface area contributed by atoms with E-state index in [0.29, 0.717) is 12.0 Å². The average molecular weight is 275 g/mol. The molecule has 0 saturated carbocycles. The summed E-state index contributed by atoms with van der Waals surface area (Å²) in [6.45, 7) is 3.64. The summed E-state index contributed by atoms with van der Waals surface area (Å²) in [5.74, 6) is -0.465. The summed E-state index contributed by atoms with van der Waals surface area (Å²) in [6.07, 6.45) is 0.577. The Hall–Kier alpha value is -1.13. The molecule has 1 rings (SSSR count). The van der Waals surface area contributed by atoms with Crippen molar-refractivity contribution >= 4 is 18.3 Å². The van der Waals surface area contributed by atoms with Gasteiger partial charge in [-0.25, -0.2) is 4.39 Å². The van der Waals surface area contributed by atoms with E-state index >= 15 is 0 Å². The van der Waals surface area contributed by atoms with Crippen LogP contribution in [-0.2, 0) is 4.79 Å². The van der Waals surface area contributed by atoms with E-state index in [9.17, 15) is 9.18 Å². The Morgan fingerprint density at radius 2 is 2.00 bits per heavy atom. The van der Waals surface area contributed by atoms with Crippen LogP contribution in [0.2, 0.25) is 0 Å². The smallest absolute Gasteiger partial charge is 0.239 e. The first-order valence-electron chi connectivity index (χ1n) is 5.75. The van der Waals surface area contributed by atoms with Crippen LogP contribution in [0, 0.1) is 5.82 Å². The van der Waals surface area contributed by atoms with Crippen molar-refractivity contribution in [1.82, 2.24) is 4.90 Å². The predicted molar refractivity (Wildman–Crippen MR) is 73.1 cm³/mol. The molecule has 0 aliphatic carbocycles. The number of benzene rings is 1. The maximum absolute atomic E-state index is 13.6. The zero-order valence-corrected chi connectivity index (χ0v) is 11.7. The molecule has 0 fully saturated rings. The van der Waals surface area contributed by atoms with Gasteiger partial charge in [-0.2, -0.15) is 0 Å². The number of hydrogen-bond acceptors (Lipinski definition) is 2. The lowest BCUT2D eigenvalue weighted by molar-refractivity contribution is -0.133. The molecule has 0 radical (unpaired) electrons. The summed E-state index contributed by atoms with van der Waals surface area (Å²) >= 11 is 0. The first kappa shape index (κ1) is 16.9. The fourth-order valence-electron chi connectivity index (χ4n) is 1.65.